The number of benzene rings is 1. The van der Waals surface area contributed by atoms with E-state index in [4.69, 9.17) is 4.74 Å². The first kappa shape index (κ1) is 12.7. The average Bonchev–Trinajstić information content (AvgIpc) is 2.75. The first-order valence-electron chi connectivity index (χ1n) is 7.28. The van der Waals surface area contributed by atoms with Gasteiger partial charge in [0, 0.05) is 37.3 Å². The summed E-state index contributed by atoms with van der Waals surface area (Å²) in [5.74, 6) is 0.0882. The summed E-state index contributed by atoms with van der Waals surface area (Å²) >= 11 is 0. The van der Waals surface area contributed by atoms with Crippen molar-refractivity contribution in [2.75, 3.05) is 13.7 Å². The van der Waals surface area contributed by atoms with Crippen molar-refractivity contribution in [1.82, 2.24) is 9.47 Å². The summed E-state index contributed by atoms with van der Waals surface area (Å²) in [6.07, 6.45) is 4.81. The molecule has 2 aliphatic heterocycles. The second kappa shape index (κ2) is 4.46. The van der Waals surface area contributed by atoms with E-state index in [-0.39, 0.29) is 18.1 Å². The number of β-lactam (4-membered cyclic amide) rings is 1. The summed E-state index contributed by atoms with van der Waals surface area (Å²) in [5.41, 5.74) is 3.74. The Balaban J connectivity index is 1.98. The molecule has 0 aliphatic carbocycles. The molecule has 1 aromatic heterocycles. The highest BCUT2D eigenvalue weighted by Crippen LogP contribution is 2.42. The van der Waals surface area contributed by atoms with Crippen molar-refractivity contribution in [1.29, 1.82) is 0 Å². The summed E-state index contributed by atoms with van der Waals surface area (Å²) in [6, 6.07) is 8.46. The number of methoxy groups -OCH3 is 1. The van der Waals surface area contributed by atoms with Crippen LogP contribution in [0.1, 0.15) is 17.3 Å². The van der Waals surface area contributed by atoms with Crippen LogP contribution in [0.25, 0.3) is 10.9 Å². The minimum Gasteiger partial charge on any atom is -0.369 e. The molecule has 1 saturated heterocycles. The predicted octanol–water partition coefficient (Wildman–Crippen LogP) is 2.19. The standard InChI is InChI=1S/C17H18N2O2/c1-18-13-9-4-3-7-11(13)12-8-5-6-10-19-15(14(12)18)16(21-2)17(19)20/h3-7,9,15-16H,8,10H2,1-2H3/b6-5-. The van der Waals surface area contributed by atoms with Crippen LogP contribution >= 0.6 is 0 Å². The molecular formula is C17H18N2O2. The Morgan fingerprint density at radius 2 is 2.05 bits per heavy atom. The monoisotopic (exact) mass is 282 g/mol. The number of rotatable bonds is 1. The molecule has 2 aromatic rings. The number of allylic oxidation sites excluding steroid dienone is 1. The lowest BCUT2D eigenvalue weighted by atomic mass is 9.89. The van der Waals surface area contributed by atoms with Crippen molar-refractivity contribution in [3.05, 3.63) is 47.7 Å². The zero-order chi connectivity index (χ0) is 14.6. The van der Waals surface area contributed by atoms with Gasteiger partial charge in [-0.25, -0.2) is 0 Å². The molecule has 4 rings (SSSR count). The Hall–Kier alpha value is -2.07. The molecule has 1 aromatic carbocycles. The van der Waals surface area contributed by atoms with Crippen LogP contribution in [-0.2, 0) is 23.0 Å². The van der Waals surface area contributed by atoms with Gasteiger partial charge in [-0.05, 0) is 18.1 Å². The highest BCUT2D eigenvalue weighted by Gasteiger charge is 2.50. The van der Waals surface area contributed by atoms with Crippen molar-refractivity contribution in [2.45, 2.75) is 18.6 Å². The van der Waals surface area contributed by atoms with Gasteiger partial charge in [-0.2, -0.15) is 0 Å². The van der Waals surface area contributed by atoms with Crippen LogP contribution in [0.5, 0.6) is 0 Å². The molecule has 4 heteroatoms. The van der Waals surface area contributed by atoms with Gasteiger partial charge in [0.1, 0.15) is 6.04 Å². The maximum absolute atomic E-state index is 12.2. The number of aromatic nitrogens is 1. The number of aryl methyl sites for hydroxylation is 1. The van der Waals surface area contributed by atoms with Crippen molar-refractivity contribution >= 4 is 16.8 Å². The van der Waals surface area contributed by atoms with Gasteiger partial charge in [0.2, 0.25) is 0 Å². The SMILES string of the molecule is COC1C(=O)N2C/C=C\Cc3c(n(C)c4ccccc34)C12. The number of hydrogen-bond donors (Lipinski definition) is 0. The molecule has 108 valence electrons. The molecule has 2 aliphatic rings. The van der Waals surface area contributed by atoms with E-state index < -0.39 is 0 Å². The van der Waals surface area contributed by atoms with E-state index in [2.05, 4.69) is 48.0 Å². The molecule has 0 bridgehead atoms. The maximum Gasteiger partial charge on any atom is 0.255 e. The van der Waals surface area contributed by atoms with Crippen molar-refractivity contribution in [2.24, 2.45) is 7.05 Å². The summed E-state index contributed by atoms with van der Waals surface area (Å²) in [4.78, 5) is 14.1. The third kappa shape index (κ3) is 1.56. The van der Waals surface area contributed by atoms with Crippen molar-refractivity contribution in [3.63, 3.8) is 0 Å². The Morgan fingerprint density at radius 1 is 1.24 bits per heavy atom. The largest absolute Gasteiger partial charge is 0.369 e. The second-order valence-electron chi connectivity index (χ2n) is 5.71. The van der Waals surface area contributed by atoms with Gasteiger partial charge >= 0.3 is 0 Å². The van der Waals surface area contributed by atoms with Crippen LogP contribution in [0.15, 0.2) is 36.4 Å². The van der Waals surface area contributed by atoms with Gasteiger partial charge in [-0.15, -0.1) is 0 Å². The van der Waals surface area contributed by atoms with Crippen LogP contribution in [0, 0.1) is 0 Å². The molecule has 21 heavy (non-hydrogen) atoms. The number of carbonyl (C=O) groups is 1. The first-order valence-corrected chi connectivity index (χ1v) is 7.28. The van der Waals surface area contributed by atoms with E-state index in [9.17, 15) is 4.79 Å². The fraction of sp³-hybridized carbons (Fsp3) is 0.353. The van der Waals surface area contributed by atoms with E-state index in [1.54, 1.807) is 7.11 Å². The molecule has 1 amide bonds. The number of amides is 1. The Bertz CT molecular complexity index is 759. The van der Waals surface area contributed by atoms with Gasteiger partial charge < -0.3 is 14.2 Å². The summed E-state index contributed by atoms with van der Waals surface area (Å²) in [5, 5.41) is 1.27. The molecular weight excluding hydrogens is 264 g/mol. The molecule has 0 spiro atoms. The predicted molar refractivity (Wildman–Crippen MR) is 81.0 cm³/mol. The second-order valence-corrected chi connectivity index (χ2v) is 5.71. The molecule has 0 saturated carbocycles. The minimum absolute atomic E-state index is 0.0276. The lowest BCUT2D eigenvalue weighted by molar-refractivity contribution is -0.170. The van der Waals surface area contributed by atoms with Gasteiger partial charge in [-0.3, -0.25) is 4.79 Å². The lowest BCUT2D eigenvalue weighted by Crippen LogP contribution is -2.60. The Labute approximate surface area is 123 Å². The molecule has 2 unspecified atom stereocenters. The van der Waals surface area contributed by atoms with Crippen molar-refractivity contribution < 1.29 is 9.53 Å². The summed E-state index contributed by atoms with van der Waals surface area (Å²) in [7, 11) is 3.71. The molecule has 2 atom stereocenters. The number of carbonyl (C=O) groups excluding carboxylic acids is 1. The molecule has 1 fully saturated rings. The number of hydrogen-bond acceptors (Lipinski definition) is 2. The van der Waals surface area contributed by atoms with Crippen LogP contribution in [0.4, 0.5) is 0 Å². The lowest BCUT2D eigenvalue weighted by Gasteiger charge is -2.46. The third-order valence-corrected chi connectivity index (χ3v) is 4.73. The highest BCUT2D eigenvalue weighted by molar-refractivity contribution is 5.92. The van der Waals surface area contributed by atoms with E-state index in [1.807, 2.05) is 4.90 Å². The first-order chi connectivity index (χ1) is 10.2. The number of nitrogens with zero attached hydrogens (tertiary/aromatic N) is 2. The maximum atomic E-state index is 12.2. The van der Waals surface area contributed by atoms with Crippen LogP contribution < -0.4 is 0 Å². The van der Waals surface area contributed by atoms with Gasteiger partial charge in [0.25, 0.3) is 5.91 Å². The minimum atomic E-state index is -0.349. The smallest absolute Gasteiger partial charge is 0.255 e. The normalized spacial score (nSPS) is 25.8. The van der Waals surface area contributed by atoms with Crippen LogP contribution in [-0.4, -0.2) is 35.1 Å². The van der Waals surface area contributed by atoms with Crippen molar-refractivity contribution in [3.8, 4) is 0 Å². The Morgan fingerprint density at radius 3 is 2.86 bits per heavy atom. The van der Waals surface area contributed by atoms with Gasteiger partial charge in [0.15, 0.2) is 6.10 Å². The fourth-order valence-corrected chi connectivity index (χ4v) is 3.71. The zero-order valence-corrected chi connectivity index (χ0v) is 12.2. The quantitative estimate of drug-likeness (QED) is 0.593. The summed E-state index contributed by atoms with van der Waals surface area (Å²) < 4.78 is 7.67. The summed E-state index contributed by atoms with van der Waals surface area (Å²) in [6.45, 7) is 0.671. The van der Waals surface area contributed by atoms with E-state index >= 15 is 0 Å². The molecule has 3 heterocycles. The number of ether oxygens (including phenoxy) is 1. The number of para-hydroxylation sites is 1. The van der Waals surface area contributed by atoms with Gasteiger partial charge in [0.05, 0.1) is 0 Å². The van der Waals surface area contributed by atoms with E-state index in [0.717, 1.165) is 6.42 Å². The van der Waals surface area contributed by atoms with Crippen LogP contribution in [0.2, 0.25) is 0 Å². The highest BCUT2D eigenvalue weighted by atomic mass is 16.5. The zero-order valence-electron chi connectivity index (χ0n) is 12.2. The van der Waals surface area contributed by atoms with E-state index in [0.29, 0.717) is 6.54 Å². The third-order valence-electron chi connectivity index (χ3n) is 4.73. The molecule has 4 nitrogen and oxygen atoms in total. The van der Waals surface area contributed by atoms with Crippen LogP contribution in [0.3, 0.4) is 0 Å². The number of fused-ring (bicyclic) bond motifs is 5. The van der Waals surface area contributed by atoms with Gasteiger partial charge in [-0.1, -0.05) is 30.4 Å². The van der Waals surface area contributed by atoms with E-state index in [1.165, 1.54) is 22.2 Å². The molecule has 0 N–H and O–H groups in total. The Kier molecular flexibility index (Phi) is 2.69. The average molecular weight is 282 g/mol. The molecule has 0 radical (unpaired) electrons. The topological polar surface area (TPSA) is 34.5 Å². The fourth-order valence-electron chi connectivity index (χ4n) is 3.71.